The maximum absolute atomic E-state index is 3.36. The predicted octanol–water partition coefficient (Wildman–Crippen LogP) is 15.3. The summed E-state index contributed by atoms with van der Waals surface area (Å²) in [5.74, 6) is 0. The molecule has 0 atom stereocenters. The lowest BCUT2D eigenvalue weighted by atomic mass is 10.0. The minimum atomic E-state index is 1.12. The van der Waals surface area contributed by atoms with Crippen LogP contribution in [-0.2, 0) is 0 Å². The van der Waals surface area contributed by atoms with Gasteiger partial charge in [0.15, 0.2) is 0 Å². The first-order valence-electron chi connectivity index (χ1n) is 18.5. The van der Waals surface area contributed by atoms with E-state index in [4.69, 9.17) is 0 Å². The van der Waals surface area contributed by atoms with Crippen molar-refractivity contribution < 1.29 is 0 Å². The van der Waals surface area contributed by atoms with Gasteiger partial charge in [-0.1, -0.05) is 165 Å². The van der Waals surface area contributed by atoms with E-state index >= 15 is 0 Å². The summed E-state index contributed by atoms with van der Waals surface area (Å²) in [4.78, 5) is 2.38. The number of hydrogen-bond acceptors (Lipinski definition) is 2. The quantitative estimate of drug-likeness (QED) is 0.149. The first kappa shape index (κ1) is 33.9. The molecule has 8 aromatic carbocycles. The third-order valence-electron chi connectivity index (χ3n) is 10.2. The monoisotopic (exact) mass is 722 g/mol. The van der Waals surface area contributed by atoms with Crippen molar-refractivity contribution in [3.8, 4) is 27.9 Å². The molecule has 3 heteroatoms. The molecule has 2 aromatic heterocycles. The van der Waals surface area contributed by atoms with Gasteiger partial charge >= 0.3 is 0 Å². The number of nitrogens with zero attached hydrogens (tertiary/aromatic N) is 2. The van der Waals surface area contributed by atoms with E-state index in [0.717, 1.165) is 17.1 Å². The Labute approximate surface area is 325 Å². The van der Waals surface area contributed by atoms with E-state index in [2.05, 4.69) is 217 Å². The van der Waals surface area contributed by atoms with Crippen LogP contribution in [0, 0.1) is 0 Å². The van der Waals surface area contributed by atoms with E-state index in [9.17, 15) is 0 Å². The molecule has 0 aliphatic rings. The van der Waals surface area contributed by atoms with Gasteiger partial charge in [0.05, 0.1) is 21.4 Å². The molecule has 10 aromatic rings. The molecule has 2 heterocycles. The zero-order chi connectivity index (χ0) is 37.1. The number of hydrogen-bond donors (Lipinski definition) is 0. The van der Waals surface area contributed by atoms with Crippen molar-refractivity contribution in [3.05, 3.63) is 219 Å². The van der Waals surface area contributed by atoms with Crippen LogP contribution in [0.1, 0.15) is 0 Å². The van der Waals surface area contributed by atoms with Crippen molar-refractivity contribution in [2.45, 2.75) is 0 Å². The van der Waals surface area contributed by atoms with E-state index in [1.807, 2.05) is 11.3 Å². The molecular formula is C52H38N2S. The third-order valence-corrected chi connectivity index (χ3v) is 11.4. The van der Waals surface area contributed by atoms with Gasteiger partial charge in [-0.05, 0) is 76.9 Å². The first-order chi connectivity index (χ1) is 27.2. The molecular weight excluding hydrogens is 685 g/mol. The lowest BCUT2D eigenvalue weighted by molar-refractivity contribution is 1.20. The highest BCUT2D eigenvalue weighted by Crippen LogP contribution is 2.44. The number of benzene rings is 8. The molecule has 0 radical (unpaired) electrons. The summed E-state index contributed by atoms with van der Waals surface area (Å²) in [5.41, 5.74) is 11.9. The van der Waals surface area contributed by atoms with Crippen LogP contribution in [0.3, 0.4) is 0 Å². The fraction of sp³-hybridized carbons (Fsp3) is 0. The number of allylic oxidation sites excluding steroid dienone is 2. The Kier molecular flexibility index (Phi) is 9.13. The van der Waals surface area contributed by atoms with Gasteiger partial charge in [-0.2, -0.15) is 0 Å². The molecule has 10 rings (SSSR count). The average molecular weight is 723 g/mol. The molecule has 0 bridgehead atoms. The van der Waals surface area contributed by atoms with Crippen LogP contribution in [0.2, 0.25) is 0 Å². The zero-order valence-corrected chi connectivity index (χ0v) is 31.2. The van der Waals surface area contributed by atoms with Gasteiger partial charge in [0, 0.05) is 43.3 Å². The van der Waals surface area contributed by atoms with Crippen molar-refractivity contribution in [2.24, 2.45) is 0 Å². The average Bonchev–Trinajstić information content (AvgIpc) is 3.81. The number of para-hydroxylation sites is 2. The van der Waals surface area contributed by atoms with Crippen LogP contribution in [0.5, 0.6) is 0 Å². The maximum atomic E-state index is 3.36. The molecule has 0 unspecified atom stereocenters. The van der Waals surface area contributed by atoms with Crippen LogP contribution in [0.15, 0.2) is 219 Å². The maximum Gasteiger partial charge on any atom is 0.0640 e. The topological polar surface area (TPSA) is 8.17 Å². The highest BCUT2D eigenvalue weighted by molar-refractivity contribution is 7.26. The van der Waals surface area contributed by atoms with Gasteiger partial charge in [-0.3, -0.25) is 0 Å². The molecule has 0 aliphatic heterocycles. The van der Waals surface area contributed by atoms with Crippen molar-refractivity contribution in [1.82, 2.24) is 4.57 Å². The molecule has 0 amide bonds. The summed E-state index contributed by atoms with van der Waals surface area (Å²) in [5, 5.41) is 5.12. The predicted molar refractivity (Wildman–Crippen MR) is 240 cm³/mol. The van der Waals surface area contributed by atoms with Crippen LogP contribution in [0.4, 0.5) is 17.1 Å². The van der Waals surface area contributed by atoms with Crippen LogP contribution < -0.4 is 4.90 Å². The second-order valence-corrected chi connectivity index (χ2v) is 14.5. The number of aromatic nitrogens is 1. The van der Waals surface area contributed by atoms with Crippen molar-refractivity contribution >= 4 is 70.4 Å². The number of anilines is 3. The van der Waals surface area contributed by atoms with E-state index in [1.165, 1.54) is 69.9 Å². The zero-order valence-electron chi connectivity index (χ0n) is 30.3. The van der Waals surface area contributed by atoms with Crippen LogP contribution in [0.25, 0.3) is 69.9 Å². The Bertz CT molecular complexity index is 2790. The summed E-state index contributed by atoms with van der Waals surface area (Å²) in [6, 6.07) is 70.2. The van der Waals surface area contributed by atoms with Crippen LogP contribution in [-0.4, -0.2) is 4.57 Å². The molecule has 0 saturated heterocycles. The lowest BCUT2D eigenvalue weighted by Crippen LogP contribution is -2.09. The summed E-state index contributed by atoms with van der Waals surface area (Å²) in [7, 11) is 0. The Balaban J connectivity index is 0.000000949. The number of thiophene rings is 1. The fourth-order valence-electron chi connectivity index (χ4n) is 7.58. The smallest absolute Gasteiger partial charge is 0.0640 e. The Morgan fingerprint density at radius 1 is 0.400 bits per heavy atom. The van der Waals surface area contributed by atoms with Gasteiger partial charge < -0.3 is 9.47 Å². The molecule has 262 valence electrons. The van der Waals surface area contributed by atoms with Crippen molar-refractivity contribution in [3.63, 3.8) is 0 Å². The second-order valence-electron chi connectivity index (χ2n) is 13.4. The van der Waals surface area contributed by atoms with Gasteiger partial charge in [-0.25, -0.2) is 0 Å². The lowest BCUT2D eigenvalue weighted by Gasteiger charge is -2.26. The Morgan fingerprint density at radius 3 is 1.38 bits per heavy atom. The first-order valence-corrected chi connectivity index (χ1v) is 19.3. The van der Waals surface area contributed by atoms with Gasteiger partial charge in [0.2, 0.25) is 0 Å². The molecule has 0 saturated carbocycles. The summed E-state index contributed by atoms with van der Waals surface area (Å²) < 4.78 is 5.00. The highest BCUT2D eigenvalue weighted by Gasteiger charge is 2.18. The molecule has 0 fully saturated rings. The third kappa shape index (κ3) is 6.31. The molecule has 55 heavy (non-hydrogen) atoms. The highest BCUT2D eigenvalue weighted by atomic mass is 32.1. The SMILES string of the molecule is C=CC=C.c1ccc(-c2ccc(N(c3ccc(-c4ccccc4)cc3)c3ccc4c(c3)sc3c(-n5c6ccccc6c6ccccc65)cccc34)cc2)cc1. The molecule has 2 nitrogen and oxygen atoms in total. The van der Waals surface area contributed by atoms with E-state index in [0.29, 0.717) is 0 Å². The summed E-state index contributed by atoms with van der Waals surface area (Å²) in [6.45, 7) is 6.72. The fourth-order valence-corrected chi connectivity index (χ4v) is 8.82. The molecule has 0 spiro atoms. The normalized spacial score (nSPS) is 11.1. The van der Waals surface area contributed by atoms with Gasteiger partial charge in [0.1, 0.15) is 0 Å². The van der Waals surface area contributed by atoms with Crippen LogP contribution >= 0.6 is 11.3 Å². The summed E-state index contributed by atoms with van der Waals surface area (Å²) in [6.07, 6.45) is 3.28. The van der Waals surface area contributed by atoms with E-state index in [1.54, 1.807) is 12.2 Å². The van der Waals surface area contributed by atoms with Gasteiger partial charge in [0.25, 0.3) is 0 Å². The Hall–Kier alpha value is -6.94. The van der Waals surface area contributed by atoms with Gasteiger partial charge in [-0.15, -0.1) is 11.3 Å². The minimum Gasteiger partial charge on any atom is -0.310 e. The standard InChI is InChI=1S/C48H32N2S.C4H6/c1-3-12-33(13-4-1)35-22-26-37(27-23-35)49(38-28-24-36(25-29-38)34-14-5-2-6-15-34)39-30-31-42-43-18-11-21-46(48(43)51-47(42)32-39)50-44-19-9-7-16-40(44)41-17-8-10-20-45(41)50;1-3-4-2/h1-32H;3-4H,1-2H2. The number of rotatable bonds is 7. The van der Waals surface area contributed by atoms with E-state index in [-0.39, 0.29) is 0 Å². The molecule has 0 aliphatic carbocycles. The summed E-state index contributed by atoms with van der Waals surface area (Å²) >= 11 is 1.88. The van der Waals surface area contributed by atoms with E-state index < -0.39 is 0 Å². The number of fused-ring (bicyclic) bond motifs is 6. The molecule has 0 N–H and O–H groups in total. The minimum absolute atomic E-state index is 1.12. The largest absolute Gasteiger partial charge is 0.310 e. The van der Waals surface area contributed by atoms with Crippen molar-refractivity contribution in [1.29, 1.82) is 0 Å². The second kappa shape index (κ2) is 14.8. The van der Waals surface area contributed by atoms with Crippen molar-refractivity contribution in [2.75, 3.05) is 4.90 Å². The Morgan fingerprint density at radius 2 is 0.855 bits per heavy atom.